The van der Waals surface area contributed by atoms with Crippen molar-refractivity contribution < 1.29 is 0 Å². The largest absolute Gasteiger partial charge is 0.313 e. The molecule has 3 heteroatoms. The number of piperidine rings is 1. The zero-order chi connectivity index (χ0) is 11.7. The third kappa shape index (κ3) is 2.22. The maximum Gasteiger partial charge on any atom is 0.0490 e. The number of benzene rings is 1. The van der Waals surface area contributed by atoms with E-state index in [0.29, 0.717) is 12.1 Å². The molecule has 2 atom stereocenters. The molecular formula is C14H19ClN2. The van der Waals surface area contributed by atoms with Crippen molar-refractivity contribution in [2.45, 2.75) is 31.3 Å². The van der Waals surface area contributed by atoms with E-state index >= 15 is 0 Å². The third-order valence-corrected chi connectivity index (χ3v) is 4.40. The van der Waals surface area contributed by atoms with E-state index in [9.17, 15) is 0 Å². The molecule has 3 rings (SSSR count). The molecule has 2 aliphatic rings. The number of hydrogen-bond acceptors (Lipinski definition) is 2. The van der Waals surface area contributed by atoms with Crippen molar-refractivity contribution in [3.63, 3.8) is 0 Å². The highest BCUT2D eigenvalue weighted by molar-refractivity contribution is 6.31. The van der Waals surface area contributed by atoms with Gasteiger partial charge in [0.15, 0.2) is 0 Å². The molecule has 2 unspecified atom stereocenters. The summed E-state index contributed by atoms with van der Waals surface area (Å²) in [4.78, 5) is 2.65. The molecule has 1 aromatic carbocycles. The third-order valence-electron chi connectivity index (χ3n) is 4.05. The number of nitrogens with zero attached hydrogens (tertiary/aromatic N) is 1. The highest BCUT2D eigenvalue weighted by Gasteiger charge is 2.33. The lowest BCUT2D eigenvalue weighted by atomic mass is 9.93. The van der Waals surface area contributed by atoms with Gasteiger partial charge in [-0.3, -0.25) is 4.90 Å². The SMILES string of the molecule is Clc1ccccc1C1CNCC2CCCCN21. The lowest BCUT2D eigenvalue weighted by Crippen LogP contribution is -2.54. The first-order valence-electron chi connectivity index (χ1n) is 6.57. The van der Waals surface area contributed by atoms with Crippen molar-refractivity contribution in [2.75, 3.05) is 19.6 Å². The Morgan fingerprint density at radius 2 is 2.06 bits per heavy atom. The Balaban J connectivity index is 1.88. The van der Waals surface area contributed by atoms with Gasteiger partial charge in [-0.05, 0) is 31.0 Å². The minimum absolute atomic E-state index is 0.461. The summed E-state index contributed by atoms with van der Waals surface area (Å²) in [5.41, 5.74) is 1.29. The Labute approximate surface area is 108 Å². The smallest absolute Gasteiger partial charge is 0.0490 e. The van der Waals surface area contributed by atoms with Crippen LogP contribution in [0.4, 0.5) is 0 Å². The summed E-state index contributed by atoms with van der Waals surface area (Å²) in [7, 11) is 0. The molecule has 2 nitrogen and oxygen atoms in total. The van der Waals surface area contributed by atoms with Crippen LogP contribution in [0.5, 0.6) is 0 Å². The predicted octanol–water partition coefficient (Wildman–Crippen LogP) is 2.84. The monoisotopic (exact) mass is 250 g/mol. The minimum atomic E-state index is 0.461. The van der Waals surface area contributed by atoms with E-state index in [2.05, 4.69) is 22.3 Å². The first-order chi connectivity index (χ1) is 8.36. The number of rotatable bonds is 1. The van der Waals surface area contributed by atoms with E-state index in [1.807, 2.05) is 12.1 Å². The molecular weight excluding hydrogens is 232 g/mol. The van der Waals surface area contributed by atoms with Crippen LogP contribution in [0.1, 0.15) is 30.9 Å². The molecule has 2 fully saturated rings. The molecule has 0 bridgehead atoms. The fourth-order valence-electron chi connectivity index (χ4n) is 3.19. The molecule has 2 saturated heterocycles. The van der Waals surface area contributed by atoms with Gasteiger partial charge < -0.3 is 5.32 Å². The molecule has 0 spiro atoms. The van der Waals surface area contributed by atoms with Gasteiger partial charge in [0.1, 0.15) is 0 Å². The van der Waals surface area contributed by atoms with Crippen LogP contribution < -0.4 is 5.32 Å². The summed E-state index contributed by atoms with van der Waals surface area (Å²) in [6, 6.07) is 9.45. The molecule has 1 N–H and O–H groups in total. The summed E-state index contributed by atoms with van der Waals surface area (Å²) in [6.45, 7) is 3.39. The van der Waals surface area contributed by atoms with Crippen molar-refractivity contribution in [1.29, 1.82) is 0 Å². The van der Waals surface area contributed by atoms with Crippen LogP contribution in [0.25, 0.3) is 0 Å². The highest BCUT2D eigenvalue weighted by atomic mass is 35.5. The molecule has 17 heavy (non-hydrogen) atoms. The number of piperazine rings is 1. The molecule has 0 saturated carbocycles. The van der Waals surface area contributed by atoms with Crippen molar-refractivity contribution in [2.24, 2.45) is 0 Å². The van der Waals surface area contributed by atoms with Gasteiger partial charge in [0.25, 0.3) is 0 Å². The van der Waals surface area contributed by atoms with E-state index < -0.39 is 0 Å². The van der Waals surface area contributed by atoms with Gasteiger partial charge in [0.05, 0.1) is 0 Å². The zero-order valence-electron chi connectivity index (χ0n) is 10.0. The highest BCUT2D eigenvalue weighted by Crippen LogP contribution is 2.33. The van der Waals surface area contributed by atoms with Crippen LogP contribution in [-0.4, -0.2) is 30.6 Å². The van der Waals surface area contributed by atoms with Gasteiger partial charge in [-0.2, -0.15) is 0 Å². The first kappa shape index (κ1) is 11.5. The molecule has 0 aromatic heterocycles. The van der Waals surface area contributed by atoms with Crippen LogP contribution >= 0.6 is 11.6 Å². The Morgan fingerprint density at radius 1 is 1.18 bits per heavy atom. The van der Waals surface area contributed by atoms with E-state index in [4.69, 9.17) is 11.6 Å². The van der Waals surface area contributed by atoms with Crippen molar-refractivity contribution in [1.82, 2.24) is 10.2 Å². The summed E-state index contributed by atoms with van der Waals surface area (Å²) in [6.07, 6.45) is 4.03. The average Bonchev–Trinajstić information content (AvgIpc) is 2.39. The van der Waals surface area contributed by atoms with Gasteiger partial charge in [-0.1, -0.05) is 36.2 Å². The second kappa shape index (κ2) is 4.97. The molecule has 1 aromatic rings. The van der Waals surface area contributed by atoms with Crippen molar-refractivity contribution in [3.8, 4) is 0 Å². The lowest BCUT2D eigenvalue weighted by Gasteiger charge is -2.45. The van der Waals surface area contributed by atoms with Crippen LogP contribution in [0.2, 0.25) is 5.02 Å². The first-order valence-corrected chi connectivity index (χ1v) is 6.95. The fourth-order valence-corrected chi connectivity index (χ4v) is 3.45. The second-order valence-corrected chi connectivity index (χ2v) is 5.49. The summed E-state index contributed by atoms with van der Waals surface area (Å²) >= 11 is 6.33. The molecule has 0 amide bonds. The van der Waals surface area contributed by atoms with Crippen LogP contribution in [0.15, 0.2) is 24.3 Å². The van der Waals surface area contributed by atoms with Gasteiger partial charge in [-0.15, -0.1) is 0 Å². The van der Waals surface area contributed by atoms with Gasteiger partial charge in [0.2, 0.25) is 0 Å². The van der Waals surface area contributed by atoms with Gasteiger partial charge in [0, 0.05) is 30.2 Å². The Kier molecular flexibility index (Phi) is 3.37. The van der Waals surface area contributed by atoms with Crippen LogP contribution in [0.3, 0.4) is 0 Å². The maximum atomic E-state index is 6.33. The van der Waals surface area contributed by atoms with E-state index in [1.165, 1.54) is 31.4 Å². The normalized spacial score (nSPS) is 29.9. The van der Waals surface area contributed by atoms with Gasteiger partial charge >= 0.3 is 0 Å². The molecule has 0 aliphatic carbocycles. The topological polar surface area (TPSA) is 15.3 Å². The second-order valence-electron chi connectivity index (χ2n) is 5.08. The number of fused-ring (bicyclic) bond motifs is 1. The Hall–Kier alpha value is -0.570. The van der Waals surface area contributed by atoms with E-state index in [0.717, 1.165) is 18.1 Å². The van der Waals surface area contributed by atoms with Crippen molar-refractivity contribution >= 4 is 11.6 Å². The Morgan fingerprint density at radius 3 is 2.94 bits per heavy atom. The zero-order valence-corrected chi connectivity index (χ0v) is 10.8. The van der Waals surface area contributed by atoms with Crippen LogP contribution in [-0.2, 0) is 0 Å². The Bertz CT molecular complexity index is 392. The predicted molar refractivity (Wildman–Crippen MR) is 71.4 cm³/mol. The number of halogens is 1. The summed E-state index contributed by atoms with van der Waals surface area (Å²) in [5, 5.41) is 4.47. The quantitative estimate of drug-likeness (QED) is 0.825. The molecule has 2 heterocycles. The van der Waals surface area contributed by atoms with E-state index in [1.54, 1.807) is 0 Å². The minimum Gasteiger partial charge on any atom is -0.313 e. The van der Waals surface area contributed by atoms with E-state index in [-0.39, 0.29) is 0 Å². The van der Waals surface area contributed by atoms with Crippen LogP contribution in [0, 0.1) is 0 Å². The number of hydrogen-bond donors (Lipinski definition) is 1. The fraction of sp³-hybridized carbons (Fsp3) is 0.571. The summed E-state index contributed by atoms with van der Waals surface area (Å²) in [5.74, 6) is 0. The van der Waals surface area contributed by atoms with Crippen molar-refractivity contribution in [3.05, 3.63) is 34.9 Å². The lowest BCUT2D eigenvalue weighted by molar-refractivity contribution is 0.0644. The number of nitrogens with one attached hydrogen (secondary N) is 1. The molecule has 2 aliphatic heterocycles. The van der Waals surface area contributed by atoms with Gasteiger partial charge in [-0.25, -0.2) is 0 Å². The summed E-state index contributed by atoms with van der Waals surface area (Å²) < 4.78 is 0. The molecule has 0 radical (unpaired) electrons. The maximum absolute atomic E-state index is 6.33. The molecule has 92 valence electrons. The average molecular weight is 251 g/mol. The standard InChI is InChI=1S/C14H19ClN2/c15-13-7-2-1-6-12(13)14-10-16-9-11-5-3-4-8-17(11)14/h1-2,6-7,11,14,16H,3-5,8-10H2.